The highest BCUT2D eigenvalue weighted by Gasteiger charge is 2.19. The molecule has 4 aromatic rings. The van der Waals surface area contributed by atoms with Crippen LogP contribution in [-0.4, -0.2) is 38.4 Å². The number of nitrogens with one attached hydrogen (secondary N) is 2. The molecule has 33 heavy (non-hydrogen) atoms. The van der Waals surface area contributed by atoms with Crippen molar-refractivity contribution < 1.29 is 14.3 Å². The van der Waals surface area contributed by atoms with Crippen molar-refractivity contribution in [1.29, 1.82) is 0 Å². The number of amides is 2. The maximum absolute atomic E-state index is 12.6. The van der Waals surface area contributed by atoms with Crippen LogP contribution in [-0.2, 0) is 13.3 Å². The largest absolute Gasteiger partial charge is 0.471 e. The number of rotatable bonds is 8. The molecule has 9 heteroatoms. The number of ether oxygens (including phenoxy) is 1. The summed E-state index contributed by atoms with van der Waals surface area (Å²) in [5, 5.41) is 13.7. The first-order chi connectivity index (χ1) is 16.1. The zero-order valence-electron chi connectivity index (χ0n) is 18.4. The molecule has 0 spiro atoms. The minimum Gasteiger partial charge on any atom is -0.471 e. The van der Waals surface area contributed by atoms with Crippen molar-refractivity contribution in [1.82, 2.24) is 24.9 Å². The second-order valence-corrected chi connectivity index (χ2v) is 7.18. The van der Waals surface area contributed by atoms with Gasteiger partial charge in [-0.15, -0.1) is 0 Å². The normalized spacial score (nSPS) is 10.6. The quantitative estimate of drug-likeness (QED) is 0.434. The molecular weight excluding hydrogens is 420 g/mol. The summed E-state index contributed by atoms with van der Waals surface area (Å²) >= 11 is 0. The van der Waals surface area contributed by atoms with Crippen LogP contribution in [0.1, 0.15) is 27.9 Å². The third kappa shape index (κ3) is 5.09. The summed E-state index contributed by atoms with van der Waals surface area (Å²) in [6.07, 6.45) is 3.27. The third-order valence-corrected chi connectivity index (χ3v) is 4.97. The number of carbonyl (C=O) groups is 2. The Morgan fingerprint density at radius 3 is 2.33 bits per heavy atom. The Hall–Kier alpha value is -4.40. The molecule has 0 unspecified atom stereocenters. The van der Waals surface area contributed by atoms with Gasteiger partial charge in [-0.2, -0.15) is 10.2 Å². The van der Waals surface area contributed by atoms with E-state index >= 15 is 0 Å². The van der Waals surface area contributed by atoms with Crippen molar-refractivity contribution in [2.75, 3.05) is 12.4 Å². The number of aromatic nitrogens is 4. The highest BCUT2D eigenvalue weighted by Crippen LogP contribution is 2.22. The van der Waals surface area contributed by atoms with Crippen molar-refractivity contribution >= 4 is 17.5 Å². The highest BCUT2D eigenvalue weighted by atomic mass is 16.5. The Bertz CT molecular complexity index is 1240. The van der Waals surface area contributed by atoms with E-state index in [1.807, 2.05) is 49.4 Å². The van der Waals surface area contributed by atoms with E-state index in [4.69, 9.17) is 4.74 Å². The molecule has 168 valence electrons. The molecule has 0 aliphatic carbocycles. The van der Waals surface area contributed by atoms with Gasteiger partial charge in [0.2, 0.25) is 0 Å². The van der Waals surface area contributed by atoms with Gasteiger partial charge in [-0.05, 0) is 36.2 Å². The molecule has 0 fully saturated rings. The summed E-state index contributed by atoms with van der Waals surface area (Å²) in [6.45, 7) is 2.61. The molecule has 0 radical (unpaired) electrons. The Labute approximate surface area is 191 Å². The lowest BCUT2D eigenvalue weighted by Gasteiger charge is -2.07. The van der Waals surface area contributed by atoms with Crippen LogP contribution in [0, 0.1) is 0 Å². The van der Waals surface area contributed by atoms with Crippen LogP contribution in [0.25, 0.3) is 11.1 Å². The first-order valence-corrected chi connectivity index (χ1v) is 10.5. The fraction of sp³-hybridized carbons (Fsp3) is 0.167. The first-order valence-electron chi connectivity index (χ1n) is 10.5. The summed E-state index contributed by atoms with van der Waals surface area (Å²) < 4.78 is 8.88. The van der Waals surface area contributed by atoms with Crippen molar-refractivity contribution in [3.63, 3.8) is 0 Å². The van der Waals surface area contributed by atoms with Crippen molar-refractivity contribution in [2.45, 2.75) is 20.2 Å². The maximum atomic E-state index is 12.6. The van der Waals surface area contributed by atoms with Crippen LogP contribution < -0.4 is 15.4 Å². The minimum atomic E-state index is -0.443. The fourth-order valence-electron chi connectivity index (χ4n) is 3.22. The lowest BCUT2D eigenvalue weighted by molar-refractivity contribution is 0.0958. The molecule has 9 nitrogen and oxygen atoms in total. The van der Waals surface area contributed by atoms with E-state index in [9.17, 15) is 9.59 Å². The summed E-state index contributed by atoms with van der Waals surface area (Å²) in [5.41, 5.74) is 2.91. The summed E-state index contributed by atoms with van der Waals surface area (Å²) in [7, 11) is 1.51. The van der Waals surface area contributed by atoms with E-state index in [0.29, 0.717) is 18.0 Å². The van der Waals surface area contributed by atoms with Crippen LogP contribution in [0.3, 0.4) is 0 Å². The molecule has 2 aromatic carbocycles. The Morgan fingerprint density at radius 2 is 1.64 bits per heavy atom. The number of anilines is 1. The molecule has 2 N–H and O–H groups in total. The molecule has 0 aliphatic rings. The van der Waals surface area contributed by atoms with E-state index in [0.717, 1.165) is 11.1 Å². The van der Waals surface area contributed by atoms with Crippen LogP contribution in [0.4, 0.5) is 5.69 Å². The van der Waals surface area contributed by atoms with Gasteiger partial charge < -0.3 is 15.4 Å². The molecule has 0 bridgehead atoms. The highest BCUT2D eigenvalue weighted by molar-refractivity contribution is 6.07. The van der Waals surface area contributed by atoms with Gasteiger partial charge in [0, 0.05) is 26.0 Å². The molecule has 0 saturated heterocycles. The SMILES string of the molecule is CCn1cc(NC(=O)c2ccn(COc3ccc(-c4ccccc4)cc3)n2)c(C(=O)NC)n1. The lowest BCUT2D eigenvalue weighted by atomic mass is 10.1. The van der Waals surface area contributed by atoms with Gasteiger partial charge in [-0.3, -0.25) is 14.3 Å². The van der Waals surface area contributed by atoms with Crippen LogP contribution >= 0.6 is 0 Å². The van der Waals surface area contributed by atoms with Crippen LogP contribution in [0.15, 0.2) is 73.1 Å². The molecule has 0 saturated carbocycles. The molecular formula is C24H24N6O3. The molecule has 2 heterocycles. The Morgan fingerprint density at radius 1 is 0.909 bits per heavy atom. The molecule has 0 atom stereocenters. The summed E-state index contributed by atoms with van der Waals surface area (Å²) in [6, 6.07) is 19.4. The Kier molecular flexibility index (Phi) is 6.49. The molecule has 2 aromatic heterocycles. The summed E-state index contributed by atoms with van der Waals surface area (Å²) in [4.78, 5) is 24.7. The van der Waals surface area contributed by atoms with Gasteiger partial charge in [0.05, 0.1) is 5.69 Å². The predicted molar refractivity (Wildman–Crippen MR) is 124 cm³/mol. The van der Waals surface area contributed by atoms with E-state index in [-0.39, 0.29) is 24.0 Å². The molecule has 2 amide bonds. The minimum absolute atomic E-state index is 0.148. The topological polar surface area (TPSA) is 103 Å². The van der Waals surface area contributed by atoms with Crippen molar-refractivity contribution in [3.8, 4) is 16.9 Å². The third-order valence-electron chi connectivity index (χ3n) is 4.97. The van der Waals surface area contributed by atoms with Crippen molar-refractivity contribution in [2.24, 2.45) is 0 Å². The second kappa shape index (κ2) is 9.82. The smallest absolute Gasteiger partial charge is 0.276 e. The van der Waals surface area contributed by atoms with Crippen molar-refractivity contribution in [3.05, 3.63) is 84.4 Å². The van der Waals surface area contributed by atoms with Crippen LogP contribution in [0.5, 0.6) is 5.75 Å². The van der Waals surface area contributed by atoms with E-state index in [1.54, 1.807) is 23.1 Å². The number of nitrogens with zero attached hydrogens (tertiary/aromatic N) is 4. The zero-order chi connectivity index (χ0) is 23.2. The number of aryl methyl sites for hydroxylation is 1. The van der Waals surface area contributed by atoms with Crippen LogP contribution in [0.2, 0.25) is 0 Å². The van der Waals surface area contributed by atoms with Gasteiger partial charge in [-0.25, -0.2) is 4.68 Å². The van der Waals surface area contributed by atoms with E-state index < -0.39 is 5.91 Å². The van der Waals surface area contributed by atoms with Gasteiger partial charge >= 0.3 is 0 Å². The standard InChI is InChI=1S/C24H24N6O3/c1-3-29-15-21(22(28-29)24(32)25-2)26-23(31)20-13-14-30(27-20)16-33-19-11-9-18(10-12-19)17-7-5-4-6-8-17/h4-15H,3,16H2,1-2H3,(H,25,32)(H,26,31). The average molecular weight is 444 g/mol. The molecule has 4 rings (SSSR count). The van der Waals surface area contributed by atoms with Gasteiger partial charge in [0.15, 0.2) is 18.1 Å². The van der Waals surface area contributed by atoms with E-state index in [2.05, 4.69) is 33.0 Å². The lowest BCUT2D eigenvalue weighted by Crippen LogP contribution is -2.22. The number of carbonyl (C=O) groups excluding carboxylic acids is 2. The van der Waals surface area contributed by atoms with Gasteiger partial charge in [0.25, 0.3) is 11.8 Å². The molecule has 0 aliphatic heterocycles. The predicted octanol–water partition coefficient (Wildman–Crippen LogP) is 3.41. The van der Waals surface area contributed by atoms with E-state index in [1.165, 1.54) is 11.7 Å². The maximum Gasteiger partial charge on any atom is 0.276 e. The number of hydrogen-bond acceptors (Lipinski definition) is 5. The zero-order valence-corrected chi connectivity index (χ0v) is 18.4. The fourth-order valence-corrected chi connectivity index (χ4v) is 3.22. The number of benzene rings is 2. The Balaban J connectivity index is 1.38. The average Bonchev–Trinajstić information content (AvgIpc) is 3.50. The first kappa shape index (κ1) is 21.8. The van der Waals surface area contributed by atoms with Gasteiger partial charge in [0.1, 0.15) is 5.75 Å². The summed E-state index contributed by atoms with van der Waals surface area (Å²) in [5.74, 6) is -0.130. The second-order valence-electron chi connectivity index (χ2n) is 7.18. The monoisotopic (exact) mass is 444 g/mol. The van der Waals surface area contributed by atoms with Gasteiger partial charge in [-0.1, -0.05) is 42.5 Å². The number of hydrogen-bond donors (Lipinski definition) is 2.